The molecule has 72 valence electrons. The monoisotopic (exact) mass is 179 g/mol. The number of hydrogen-bond acceptors (Lipinski definition) is 2. The van der Waals surface area contributed by atoms with Gasteiger partial charge in [-0.1, -0.05) is 12.2 Å². The summed E-state index contributed by atoms with van der Waals surface area (Å²) < 4.78 is 5.46. The first-order valence-corrected chi connectivity index (χ1v) is 4.96. The first kappa shape index (κ1) is 8.97. The van der Waals surface area contributed by atoms with Gasteiger partial charge in [-0.25, -0.2) is 0 Å². The maximum absolute atomic E-state index is 5.46. The van der Waals surface area contributed by atoms with Gasteiger partial charge < -0.3 is 10.1 Å². The van der Waals surface area contributed by atoms with Crippen molar-refractivity contribution in [3.63, 3.8) is 0 Å². The quantitative estimate of drug-likeness (QED) is 0.695. The lowest BCUT2D eigenvalue weighted by Crippen LogP contribution is -2.35. The van der Waals surface area contributed by atoms with Crippen LogP contribution >= 0.6 is 0 Å². The summed E-state index contributed by atoms with van der Waals surface area (Å²) in [5, 5.41) is 3.33. The third-order valence-electron chi connectivity index (χ3n) is 3.03. The van der Waals surface area contributed by atoms with Crippen LogP contribution in [0.2, 0.25) is 0 Å². The molecule has 0 aromatic carbocycles. The van der Waals surface area contributed by atoms with Gasteiger partial charge in [0.15, 0.2) is 0 Å². The van der Waals surface area contributed by atoms with Gasteiger partial charge in [0.05, 0.1) is 12.1 Å². The first-order valence-electron chi connectivity index (χ1n) is 4.96. The molecule has 0 saturated heterocycles. The van der Waals surface area contributed by atoms with E-state index in [0.717, 1.165) is 6.42 Å². The molecule has 13 heavy (non-hydrogen) atoms. The van der Waals surface area contributed by atoms with Gasteiger partial charge in [-0.3, -0.25) is 0 Å². The van der Waals surface area contributed by atoms with E-state index in [0.29, 0.717) is 12.1 Å². The molecular formula is C11H17NO. The highest BCUT2D eigenvalue weighted by atomic mass is 16.5. The molecule has 2 aliphatic rings. The van der Waals surface area contributed by atoms with Gasteiger partial charge in [0.1, 0.15) is 0 Å². The number of hydrogen-bond donors (Lipinski definition) is 1. The van der Waals surface area contributed by atoms with E-state index < -0.39 is 0 Å². The van der Waals surface area contributed by atoms with Gasteiger partial charge in [-0.2, -0.15) is 0 Å². The van der Waals surface area contributed by atoms with Crippen molar-refractivity contribution in [2.24, 2.45) is 0 Å². The van der Waals surface area contributed by atoms with Crippen molar-refractivity contribution in [3.05, 3.63) is 23.3 Å². The molecule has 0 heterocycles. The summed E-state index contributed by atoms with van der Waals surface area (Å²) in [4.78, 5) is 0. The molecule has 2 aliphatic carbocycles. The van der Waals surface area contributed by atoms with Gasteiger partial charge in [-0.05, 0) is 31.0 Å². The van der Waals surface area contributed by atoms with Crippen LogP contribution in [0.3, 0.4) is 0 Å². The number of methoxy groups -OCH3 is 1. The number of ether oxygens (including phenoxy) is 1. The van der Waals surface area contributed by atoms with Gasteiger partial charge in [0, 0.05) is 13.5 Å². The molecule has 2 rings (SSSR count). The van der Waals surface area contributed by atoms with Crippen LogP contribution in [0.15, 0.2) is 23.3 Å². The van der Waals surface area contributed by atoms with Crippen LogP contribution in [-0.4, -0.2) is 26.3 Å². The largest absolute Gasteiger partial charge is 0.379 e. The van der Waals surface area contributed by atoms with E-state index in [-0.39, 0.29) is 0 Å². The molecule has 0 radical (unpaired) electrons. The minimum absolute atomic E-state index is 0.334. The van der Waals surface area contributed by atoms with Crippen molar-refractivity contribution in [2.45, 2.75) is 31.4 Å². The molecule has 0 unspecified atom stereocenters. The van der Waals surface area contributed by atoms with Crippen molar-refractivity contribution < 1.29 is 4.74 Å². The maximum atomic E-state index is 5.46. The molecule has 0 spiro atoms. The van der Waals surface area contributed by atoms with Gasteiger partial charge in [-0.15, -0.1) is 0 Å². The number of fused-ring (bicyclic) bond motifs is 1. The topological polar surface area (TPSA) is 21.3 Å². The minimum Gasteiger partial charge on any atom is -0.379 e. The second-order valence-electron chi connectivity index (χ2n) is 3.71. The SMILES string of the molecule is CN[C@@H]1C2=CCCC=C2C[C@@H]1OC. The van der Waals surface area contributed by atoms with Crippen LogP contribution < -0.4 is 5.32 Å². The van der Waals surface area contributed by atoms with Crippen LogP contribution in [0.25, 0.3) is 0 Å². The molecule has 0 aromatic rings. The standard InChI is InChI=1S/C11H17NO/c1-12-11-9-6-4-3-5-8(9)7-10(11)13-2/h5-6,10-12H,3-4,7H2,1-2H3/t10-,11+/m0/s1. The highest BCUT2D eigenvalue weighted by Gasteiger charge is 2.34. The Morgan fingerprint density at radius 2 is 2.15 bits per heavy atom. The summed E-state index contributed by atoms with van der Waals surface area (Å²) in [6.07, 6.45) is 8.52. The van der Waals surface area contributed by atoms with E-state index in [9.17, 15) is 0 Å². The van der Waals surface area contributed by atoms with E-state index in [1.54, 1.807) is 7.11 Å². The second kappa shape index (κ2) is 3.64. The van der Waals surface area contributed by atoms with Crippen LogP contribution in [-0.2, 0) is 4.74 Å². The number of nitrogens with one attached hydrogen (secondary N) is 1. The molecule has 2 nitrogen and oxygen atoms in total. The van der Waals surface area contributed by atoms with Crippen molar-refractivity contribution in [2.75, 3.05) is 14.2 Å². The average molecular weight is 179 g/mol. The summed E-state index contributed by atoms with van der Waals surface area (Å²) in [5.74, 6) is 0. The molecular weight excluding hydrogens is 162 g/mol. The van der Waals surface area contributed by atoms with E-state index in [1.165, 1.54) is 24.0 Å². The summed E-state index contributed by atoms with van der Waals surface area (Å²) in [6.45, 7) is 0. The van der Waals surface area contributed by atoms with Crippen molar-refractivity contribution >= 4 is 0 Å². The molecule has 0 aromatic heterocycles. The Labute approximate surface area is 79.7 Å². The summed E-state index contributed by atoms with van der Waals surface area (Å²) in [6, 6.07) is 0.413. The lowest BCUT2D eigenvalue weighted by Gasteiger charge is -2.18. The molecule has 2 atom stereocenters. The van der Waals surface area contributed by atoms with Crippen LogP contribution in [0.4, 0.5) is 0 Å². The van der Waals surface area contributed by atoms with Crippen molar-refractivity contribution in [3.8, 4) is 0 Å². The molecule has 1 saturated carbocycles. The van der Waals surface area contributed by atoms with E-state index >= 15 is 0 Å². The summed E-state index contributed by atoms with van der Waals surface area (Å²) in [7, 11) is 3.81. The Morgan fingerprint density at radius 3 is 2.85 bits per heavy atom. The predicted molar refractivity (Wildman–Crippen MR) is 53.7 cm³/mol. The Hall–Kier alpha value is -0.600. The number of likely N-dealkylation sites (N-methyl/N-ethyl adjacent to an activating group) is 1. The summed E-state index contributed by atoms with van der Waals surface area (Å²) >= 11 is 0. The Kier molecular flexibility index (Phi) is 2.51. The van der Waals surface area contributed by atoms with E-state index in [1.807, 2.05) is 7.05 Å². The summed E-state index contributed by atoms with van der Waals surface area (Å²) in [5.41, 5.74) is 2.97. The van der Waals surface area contributed by atoms with Crippen LogP contribution in [0.1, 0.15) is 19.3 Å². The third kappa shape index (κ3) is 1.45. The van der Waals surface area contributed by atoms with Gasteiger partial charge in [0.25, 0.3) is 0 Å². The smallest absolute Gasteiger partial charge is 0.0806 e. The predicted octanol–water partition coefficient (Wildman–Crippen LogP) is 1.64. The minimum atomic E-state index is 0.334. The zero-order valence-corrected chi connectivity index (χ0v) is 8.34. The van der Waals surface area contributed by atoms with Crippen molar-refractivity contribution in [1.82, 2.24) is 5.32 Å². The second-order valence-corrected chi connectivity index (χ2v) is 3.71. The fourth-order valence-electron chi connectivity index (χ4n) is 2.37. The Balaban J connectivity index is 2.24. The van der Waals surface area contributed by atoms with E-state index in [2.05, 4.69) is 17.5 Å². The average Bonchev–Trinajstić information content (AvgIpc) is 2.55. The molecule has 0 amide bonds. The zero-order valence-electron chi connectivity index (χ0n) is 8.34. The normalized spacial score (nSPS) is 32.5. The zero-order chi connectivity index (χ0) is 9.26. The fraction of sp³-hybridized carbons (Fsp3) is 0.636. The lowest BCUT2D eigenvalue weighted by molar-refractivity contribution is 0.0945. The van der Waals surface area contributed by atoms with Crippen molar-refractivity contribution in [1.29, 1.82) is 0 Å². The third-order valence-corrected chi connectivity index (χ3v) is 3.03. The first-order chi connectivity index (χ1) is 6.36. The molecule has 1 fully saturated rings. The molecule has 0 bridgehead atoms. The van der Waals surface area contributed by atoms with Crippen LogP contribution in [0, 0.1) is 0 Å². The van der Waals surface area contributed by atoms with E-state index in [4.69, 9.17) is 4.74 Å². The lowest BCUT2D eigenvalue weighted by atomic mass is 9.99. The number of allylic oxidation sites excluding steroid dienone is 2. The van der Waals surface area contributed by atoms with Crippen LogP contribution in [0.5, 0.6) is 0 Å². The Bertz CT molecular complexity index is 255. The Morgan fingerprint density at radius 1 is 1.38 bits per heavy atom. The highest BCUT2D eigenvalue weighted by Crippen LogP contribution is 2.35. The molecule has 1 N–H and O–H groups in total. The van der Waals surface area contributed by atoms with Gasteiger partial charge >= 0.3 is 0 Å². The van der Waals surface area contributed by atoms with Gasteiger partial charge in [0.2, 0.25) is 0 Å². The molecule has 2 heteroatoms. The highest BCUT2D eigenvalue weighted by molar-refractivity contribution is 5.44. The number of rotatable bonds is 2. The molecule has 0 aliphatic heterocycles. The fourth-order valence-corrected chi connectivity index (χ4v) is 2.37. The maximum Gasteiger partial charge on any atom is 0.0806 e.